The van der Waals surface area contributed by atoms with Gasteiger partial charge >= 0.3 is 24.7 Å². The molecular weight excluding hydrogens is 448 g/mol. The normalized spacial score (nSPS) is 12.9. The summed E-state index contributed by atoms with van der Waals surface area (Å²) in [6, 6.07) is 1.86. The van der Waals surface area contributed by atoms with Gasteiger partial charge in [-0.1, -0.05) is 0 Å². The number of halogens is 12. The summed E-state index contributed by atoms with van der Waals surface area (Å²) in [6.07, 6.45) is -18.9. The van der Waals surface area contributed by atoms with Crippen molar-refractivity contribution in [3.63, 3.8) is 0 Å². The molecule has 2 aromatic rings. The Hall–Kier alpha value is -2.80. The van der Waals surface area contributed by atoms with Gasteiger partial charge in [-0.3, -0.25) is 0 Å². The predicted molar refractivity (Wildman–Crippen MR) is 81.7 cm³/mol. The standard InChI is InChI=1S/2C8H5F6N/c2*9-7(10,11)4-1-2-5(6(15)3-4)8(12,13)14/h2*1-3H,15H2. The van der Waals surface area contributed by atoms with Crippen LogP contribution < -0.4 is 11.5 Å². The first-order valence-electron chi connectivity index (χ1n) is 7.32. The van der Waals surface area contributed by atoms with Gasteiger partial charge in [0.1, 0.15) is 0 Å². The van der Waals surface area contributed by atoms with Gasteiger partial charge in [0.25, 0.3) is 0 Å². The molecular formula is C16H10F12N2. The molecule has 0 amide bonds. The molecule has 0 heterocycles. The highest BCUT2D eigenvalue weighted by Crippen LogP contribution is 2.38. The fourth-order valence-electron chi connectivity index (χ4n) is 1.99. The van der Waals surface area contributed by atoms with E-state index >= 15 is 0 Å². The summed E-state index contributed by atoms with van der Waals surface area (Å²) in [6.45, 7) is 0. The van der Waals surface area contributed by atoms with Gasteiger partial charge in [-0.05, 0) is 36.4 Å². The van der Waals surface area contributed by atoms with Crippen LogP contribution in [0.4, 0.5) is 64.1 Å². The molecule has 0 radical (unpaired) electrons. The maximum Gasteiger partial charge on any atom is 0.418 e. The quantitative estimate of drug-likeness (QED) is 0.345. The molecule has 0 aliphatic heterocycles. The lowest BCUT2D eigenvalue weighted by molar-refractivity contribution is -0.140. The molecule has 0 aromatic heterocycles. The first-order valence-corrected chi connectivity index (χ1v) is 7.32. The van der Waals surface area contributed by atoms with Crippen LogP contribution in [0.1, 0.15) is 22.3 Å². The highest BCUT2D eigenvalue weighted by molar-refractivity contribution is 5.52. The molecule has 0 saturated heterocycles. The molecule has 0 unspecified atom stereocenters. The van der Waals surface area contributed by atoms with Crippen molar-refractivity contribution in [1.82, 2.24) is 0 Å². The summed E-state index contributed by atoms with van der Waals surface area (Å²) in [4.78, 5) is 0. The Morgan fingerprint density at radius 3 is 0.867 bits per heavy atom. The number of hydrogen-bond acceptors (Lipinski definition) is 2. The topological polar surface area (TPSA) is 52.0 Å². The summed E-state index contributed by atoms with van der Waals surface area (Å²) in [5, 5.41) is 0. The minimum Gasteiger partial charge on any atom is -0.398 e. The smallest absolute Gasteiger partial charge is 0.398 e. The molecule has 0 bridgehead atoms. The van der Waals surface area contributed by atoms with Crippen molar-refractivity contribution in [3.05, 3.63) is 58.7 Å². The molecule has 0 fully saturated rings. The number of anilines is 2. The van der Waals surface area contributed by atoms with E-state index < -0.39 is 58.3 Å². The van der Waals surface area contributed by atoms with Crippen LogP contribution in [-0.4, -0.2) is 0 Å². The van der Waals surface area contributed by atoms with E-state index in [1.165, 1.54) is 0 Å². The number of nitrogens with two attached hydrogens (primary N) is 2. The number of benzene rings is 2. The van der Waals surface area contributed by atoms with Gasteiger partial charge in [0, 0.05) is 11.4 Å². The number of rotatable bonds is 0. The lowest BCUT2D eigenvalue weighted by Crippen LogP contribution is -2.12. The van der Waals surface area contributed by atoms with Crippen LogP contribution >= 0.6 is 0 Å². The van der Waals surface area contributed by atoms with Crippen LogP contribution in [0.2, 0.25) is 0 Å². The van der Waals surface area contributed by atoms with E-state index in [0.29, 0.717) is 24.3 Å². The first kappa shape index (κ1) is 25.2. The van der Waals surface area contributed by atoms with Gasteiger partial charge in [0.15, 0.2) is 0 Å². The van der Waals surface area contributed by atoms with Gasteiger partial charge in [0.2, 0.25) is 0 Å². The molecule has 4 N–H and O–H groups in total. The SMILES string of the molecule is Nc1cc(C(F)(F)F)ccc1C(F)(F)F.Nc1cc(C(F)(F)F)ccc1C(F)(F)F. The maximum absolute atomic E-state index is 12.1. The highest BCUT2D eigenvalue weighted by Gasteiger charge is 2.37. The van der Waals surface area contributed by atoms with E-state index in [1.54, 1.807) is 0 Å². The minimum absolute atomic E-state index is 0.267. The second kappa shape index (κ2) is 8.14. The average molecular weight is 458 g/mol. The van der Waals surface area contributed by atoms with Crippen molar-refractivity contribution in [2.45, 2.75) is 24.7 Å². The van der Waals surface area contributed by atoms with Crippen molar-refractivity contribution >= 4 is 11.4 Å². The fraction of sp³-hybridized carbons (Fsp3) is 0.250. The minimum atomic E-state index is -4.74. The van der Waals surface area contributed by atoms with Gasteiger partial charge in [-0.15, -0.1) is 0 Å². The van der Waals surface area contributed by atoms with E-state index in [4.69, 9.17) is 11.5 Å². The Morgan fingerprint density at radius 2 is 0.700 bits per heavy atom. The second-order valence-corrected chi connectivity index (χ2v) is 5.60. The lowest BCUT2D eigenvalue weighted by atomic mass is 10.1. The van der Waals surface area contributed by atoms with Crippen molar-refractivity contribution < 1.29 is 52.7 Å². The van der Waals surface area contributed by atoms with Crippen LogP contribution in [0.25, 0.3) is 0 Å². The summed E-state index contributed by atoms with van der Waals surface area (Å²) < 4.78 is 145. The number of hydrogen-bond donors (Lipinski definition) is 2. The highest BCUT2D eigenvalue weighted by atomic mass is 19.4. The van der Waals surface area contributed by atoms with Crippen molar-refractivity contribution in [2.75, 3.05) is 11.5 Å². The zero-order valence-corrected chi connectivity index (χ0v) is 14.2. The molecule has 168 valence electrons. The molecule has 0 saturated carbocycles. The maximum atomic E-state index is 12.1. The zero-order chi connectivity index (χ0) is 23.7. The first-order chi connectivity index (χ1) is 13.2. The summed E-state index contributed by atoms with van der Waals surface area (Å²) in [5.41, 5.74) is 2.96. The Balaban J connectivity index is 0.000000300. The van der Waals surface area contributed by atoms with Crippen LogP contribution in [0, 0.1) is 0 Å². The Labute approximate surface area is 160 Å². The molecule has 0 aliphatic carbocycles. The van der Waals surface area contributed by atoms with Gasteiger partial charge in [0.05, 0.1) is 22.3 Å². The monoisotopic (exact) mass is 458 g/mol. The summed E-state index contributed by atoms with van der Waals surface area (Å²) in [7, 11) is 0. The summed E-state index contributed by atoms with van der Waals surface area (Å²) >= 11 is 0. The third-order valence-electron chi connectivity index (χ3n) is 3.37. The molecule has 2 rings (SSSR count). The van der Waals surface area contributed by atoms with Crippen LogP contribution in [0.5, 0.6) is 0 Å². The summed E-state index contributed by atoms with van der Waals surface area (Å²) in [5.74, 6) is 0. The number of nitrogen functional groups attached to an aromatic ring is 2. The largest absolute Gasteiger partial charge is 0.418 e. The van der Waals surface area contributed by atoms with Gasteiger partial charge < -0.3 is 11.5 Å². The van der Waals surface area contributed by atoms with Crippen LogP contribution in [-0.2, 0) is 24.7 Å². The van der Waals surface area contributed by atoms with Crippen molar-refractivity contribution in [1.29, 1.82) is 0 Å². The van der Waals surface area contributed by atoms with E-state index in [-0.39, 0.29) is 12.1 Å². The van der Waals surface area contributed by atoms with Crippen molar-refractivity contribution in [2.24, 2.45) is 0 Å². The van der Waals surface area contributed by atoms with E-state index in [2.05, 4.69) is 0 Å². The Bertz CT molecular complexity index is 802. The third-order valence-corrected chi connectivity index (χ3v) is 3.37. The molecule has 2 nitrogen and oxygen atoms in total. The molecule has 30 heavy (non-hydrogen) atoms. The van der Waals surface area contributed by atoms with Crippen LogP contribution in [0.3, 0.4) is 0 Å². The lowest BCUT2D eigenvalue weighted by Gasteiger charge is -2.12. The predicted octanol–water partition coefficient (Wildman–Crippen LogP) is 6.61. The van der Waals surface area contributed by atoms with E-state index in [1.807, 2.05) is 0 Å². The second-order valence-electron chi connectivity index (χ2n) is 5.60. The van der Waals surface area contributed by atoms with E-state index in [0.717, 1.165) is 0 Å². The molecule has 2 aromatic carbocycles. The zero-order valence-electron chi connectivity index (χ0n) is 14.2. The van der Waals surface area contributed by atoms with E-state index in [9.17, 15) is 52.7 Å². The third kappa shape index (κ3) is 6.62. The van der Waals surface area contributed by atoms with Crippen LogP contribution in [0.15, 0.2) is 36.4 Å². The van der Waals surface area contributed by atoms with Crippen molar-refractivity contribution in [3.8, 4) is 0 Å². The molecule has 0 spiro atoms. The fourth-order valence-corrected chi connectivity index (χ4v) is 1.99. The Morgan fingerprint density at radius 1 is 0.433 bits per heavy atom. The molecule has 0 atom stereocenters. The molecule has 0 aliphatic rings. The average Bonchev–Trinajstić information content (AvgIpc) is 2.51. The van der Waals surface area contributed by atoms with Gasteiger partial charge in [-0.25, -0.2) is 0 Å². The molecule has 14 heteroatoms. The Kier molecular flexibility index (Phi) is 6.85. The van der Waals surface area contributed by atoms with Gasteiger partial charge in [-0.2, -0.15) is 52.7 Å². The number of alkyl halides is 12.